The van der Waals surface area contributed by atoms with Crippen LogP contribution in [0.25, 0.3) is 0 Å². The fourth-order valence-electron chi connectivity index (χ4n) is 2.04. The van der Waals surface area contributed by atoms with Gasteiger partial charge in [-0.1, -0.05) is 12.1 Å². The molecule has 1 saturated heterocycles. The van der Waals surface area contributed by atoms with Crippen LogP contribution in [0.2, 0.25) is 0 Å². The topological polar surface area (TPSA) is 70.2 Å². The molecule has 0 unspecified atom stereocenters. The first-order valence-electron chi connectivity index (χ1n) is 6.35. The van der Waals surface area contributed by atoms with Gasteiger partial charge in [0.1, 0.15) is 0 Å². The van der Waals surface area contributed by atoms with Crippen molar-refractivity contribution in [2.45, 2.75) is 18.6 Å². The molecule has 1 heterocycles. The molecule has 2 amide bonds. The molecule has 21 heavy (non-hydrogen) atoms. The third-order valence-electron chi connectivity index (χ3n) is 3.03. The summed E-state index contributed by atoms with van der Waals surface area (Å²) in [6.45, 7) is 0.983. The van der Waals surface area contributed by atoms with E-state index in [0.29, 0.717) is 13.1 Å². The zero-order chi connectivity index (χ0) is 15.5. The van der Waals surface area contributed by atoms with E-state index < -0.39 is 23.7 Å². The third-order valence-corrected chi connectivity index (χ3v) is 3.03. The predicted molar refractivity (Wildman–Crippen MR) is 69.5 cm³/mol. The van der Waals surface area contributed by atoms with Gasteiger partial charge in [0.15, 0.2) is 0 Å². The van der Waals surface area contributed by atoms with E-state index in [0.717, 1.165) is 6.07 Å². The number of nitrogens with one attached hydrogen (secondary N) is 3. The van der Waals surface area contributed by atoms with Gasteiger partial charge in [0.05, 0.1) is 23.7 Å². The summed E-state index contributed by atoms with van der Waals surface area (Å²) in [4.78, 5) is 23.3. The SMILES string of the molecule is O=C(C[C@H]1NCCNC1=O)Nc1ccccc1C(F)(F)F. The Kier molecular flexibility index (Phi) is 4.46. The molecule has 1 atom stereocenters. The monoisotopic (exact) mass is 301 g/mol. The van der Waals surface area contributed by atoms with E-state index in [4.69, 9.17) is 0 Å². The number of hydrogen-bond acceptors (Lipinski definition) is 3. The Bertz CT molecular complexity index is 546. The van der Waals surface area contributed by atoms with Gasteiger partial charge in [-0.15, -0.1) is 0 Å². The van der Waals surface area contributed by atoms with Crippen molar-refractivity contribution in [3.05, 3.63) is 29.8 Å². The van der Waals surface area contributed by atoms with Gasteiger partial charge in [0, 0.05) is 13.1 Å². The lowest BCUT2D eigenvalue weighted by Crippen LogP contribution is -2.53. The van der Waals surface area contributed by atoms with Gasteiger partial charge in [0.25, 0.3) is 0 Å². The normalized spacial score (nSPS) is 19.0. The van der Waals surface area contributed by atoms with Crippen LogP contribution in [0.5, 0.6) is 0 Å². The molecule has 0 aliphatic carbocycles. The molecule has 0 bridgehead atoms. The van der Waals surface area contributed by atoms with Crippen LogP contribution < -0.4 is 16.0 Å². The molecule has 1 aliphatic rings. The van der Waals surface area contributed by atoms with Gasteiger partial charge in [-0.25, -0.2) is 0 Å². The maximum absolute atomic E-state index is 12.8. The van der Waals surface area contributed by atoms with Crippen LogP contribution in [0.4, 0.5) is 18.9 Å². The van der Waals surface area contributed by atoms with Gasteiger partial charge in [-0.2, -0.15) is 13.2 Å². The van der Waals surface area contributed by atoms with Crippen LogP contribution in [0, 0.1) is 0 Å². The van der Waals surface area contributed by atoms with E-state index in [1.807, 2.05) is 0 Å². The van der Waals surface area contributed by atoms with Gasteiger partial charge in [0.2, 0.25) is 11.8 Å². The number of alkyl halides is 3. The lowest BCUT2D eigenvalue weighted by Gasteiger charge is -2.23. The maximum Gasteiger partial charge on any atom is 0.418 e. The van der Waals surface area contributed by atoms with Gasteiger partial charge in [-0.3, -0.25) is 9.59 Å². The number of halogens is 3. The number of carbonyl (C=O) groups excluding carboxylic acids is 2. The molecular formula is C13H14F3N3O2. The van der Waals surface area contributed by atoms with Crippen LogP contribution in [0.15, 0.2) is 24.3 Å². The highest BCUT2D eigenvalue weighted by atomic mass is 19.4. The Morgan fingerprint density at radius 1 is 1.29 bits per heavy atom. The lowest BCUT2D eigenvalue weighted by molar-refractivity contribution is -0.137. The number of benzene rings is 1. The summed E-state index contributed by atoms with van der Waals surface area (Å²) in [6.07, 6.45) is -4.78. The first-order valence-corrected chi connectivity index (χ1v) is 6.35. The molecule has 5 nitrogen and oxygen atoms in total. The number of amides is 2. The minimum atomic E-state index is -4.55. The van der Waals surface area contributed by atoms with Gasteiger partial charge >= 0.3 is 6.18 Å². The van der Waals surface area contributed by atoms with Crippen molar-refractivity contribution in [2.75, 3.05) is 18.4 Å². The molecule has 114 valence electrons. The Labute approximate surface area is 118 Å². The van der Waals surface area contributed by atoms with Crippen LogP contribution in [-0.2, 0) is 15.8 Å². The summed E-state index contributed by atoms with van der Waals surface area (Å²) in [6, 6.07) is 3.98. The standard InChI is InChI=1S/C13H14F3N3O2/c14-13(15,16)8-3-1-2-4-9(8)19-11(20)7-10-12(21)18-6-5-17-10/h1-4,10,17H,5-7H2,(H,18,21)(H,19,20)/t10-/m1/s1. The summed E-state index contributed by atoms with van der Waals surface area (Å²) in [7, 11) is 0. The minimum absolute atomic E-state index is 0.224. The molecule has 0 saturated carbocycles. The van der Waals surface area contributed by atoms with Gasteiger partial charge in [-0.05, 0) is 12.1 Å². The van der Waals surface area contributed by atoms with Crippen molar-refractivity contribution in [3.8, 4) is 0 Å². The maximum atomic E-state index is 12.8. The number of hydrogen-bond donors (Lipinski definition) is 3. The first-order chi connectivity index (χ1) is 9.88. The molecule has 1 aliphatic heterocycles. The second-order valence-electron chi connectivity index (χ2n) is 4.59. The molecule has 0 aromatic heterocycles. The molecule has 1 aromatic rings. The molecule has 3 N–H and O–H groups in total. The Hall–Kier alpha value is -2.09. The summed E-state index contributed by atoms with van der Waals surface area (Å²) >= 11 is 0. The lowest BCUT2D eigenvalue weighted by atomic mass is 10.1. The number of rotatable bonds is 3. The molecule has 1 aromatic carbocycles. The highest BCUT2D eigenvalue weighted by Crippen LogP contribution is 2.34. The van der Waals surface area contributed by atoms with E-state index in [-0.39, 0.29) is 18.0 Å². The van der Waals surface area contributed by atoms with Crippen molar-refractivity contribution >= 4 is 17.5 Å². The van der Waals surface area contributed by atoms with Crippen molar-refractivity contribution in [2.24, 2.45) is 0 Å². The second kappa shape index (κ2) is 6.13. The fourth-order valence-corrected chi connectivity index (χ4v) is 2.04. The Balaban J connectivity index is 2.05. The van der Waals surface area contributed by atoms with E-state index >= 15 is 0 Å². The van der Waals surface area contributed by atoms with Crippen molar-refractivity contribution in [3.63, 3.8) is 0 Å². The predicted octanol–water partition coefficient (Wildman–Crippen LogP) is 1.12. The Morgan fingerprint density at radius 2 is 2.00 bits per heavy atom. The average Bonchev–Trinajstić information content (AvgIpc) is 2.41. The zero-order valence-corrected chi connectivity index (χ0v) is 11.0. The molecular weight excluding hydrogens is 287 g/mol. The largest absolute Gasteiger partial charge is 0.418 e. The molecule has 2 rings (SSSR count). The van der Waals surface area contributed by atoms with Crippen LogP contribution in [0.1, 0.15) is 12.0 Å². The molecule has 1 fully saturated rings. The summed E-state index contributed by atoms with van der Waals surface area (Å²) in [5, 5.41) is 7.62. The molecule has 0 radical (unpaired) electrons. The summed E-state index contributed by atoms with van der Waals surface area (Å²) < 4.78 is 38.4. The number of carbonyl (C=O) groups is 2. The van der Waals surface area contributed by atoms with Crippen molar-refractivity contribution in [1.29, 1.82) is 0 Å². The zero-order valence-electron chi connectivity index (χ0n) is 11.0. The highest BCUT2D eigenvalue weighted by molar-refractivity contribution is 5.96. The molecule has 0 spiro atoms. The number of anilines is 1. The number of para-hydroxylation sites is 1. The van der Waals surface area contributed by atoms with Crippen LogP contribution in [0.3, 0.4) is 0 Å². The van der Waals surface area contributed by atoms with E-state index in [2.05, 4.69) is 16.0 Å². The van der Waals surface area contributed by atoms with E-state index in [9.17, 15) is 22.8 Å². The number of piperazine rings is 1. The van der Waals surface area contributed by atoms with Crippen LogP contribution >= 0.6 is 0 Å². The van der Waals surface area contributed by atoms with Gasteiger partial charge < -0.3 is 16.0 Å². The van der Waals surface area contributed by atoms with Crippen molar-refractivity contribution < 1.29 is 22.8 Å². The van der Waals surface area contributed by atoms with E-state index in [1.54, 1.807) is 0 Å². The van der Waals surface area contributed by atoms with Crippen LogP contribution in [-0.4, -0.2) is 30.9 Å². The first kappa shape index (κ1) is 15.3. The average molecular weight is 301 g/mol. The second-order valence-corrected chi connectivity index (χ2v) is 4.59. The summed E-state index contributed by atoms with van der Waals surface area (Å²) in [5.41, 5.74) is -1.23. The Morgan fingerprint density at radius 3 is 2.67 bits per heavy atom. The highest BCUT2D eigenvalue weighted by Gasteiger charge is 2.34. The van der Waals surface area contributed by atoms with Crippen molar-refractivity contribution in [1.82, 2.24) is 10.6 Å². The fraction of sp³-hybridized carbons (Fsp3) is 0.385. The minimum Gasteiger partial charge on any atom is -0.353 e. The smallest absolute Gasteiger partial charge is 0.353 e. The van der Waals surface area contributed by atoms with E-state index in [1.165, 1.54) is 18.2 Å². The quantitative estimate of drug-likeness (QED) is 0.783. The third kappa shape index (κ3) is 3.94. The molecule has 8 heteroatoms. The summed E-state index contributed by atoms with van der Waals surface area (Å²) in [5.74, 6) is -0.984.